The molecule has 0 saturated carbocycles. The van der Waals surface area contributed by atoms with Gasteiger partial charge in [0.1, 0.15) is 0 Å². The van der Waals surface area contributed by atoms with Gasteiger partial charge >= 0.3 is 0 Å². The van der Waals surface area contributed by atoms with Crippen LogP contribution in [-0.2, 0) is 11.1 Å². The van der Waals surface area contributed by atoms with Crippen LogP contribution in [0.25, 0.3) is 0 Å². The first-order chi connectivity index (χ1) is 15.8. The van der Waals surface area contributed by atoms with Crippen LogP contribution in [0.15, 0.2) is 91.0 Å². The number of hydrogen-bond acceptors (Lipinski definition) is 4. The van der Waals surface area contributed by atoms with Crippen molar-refractivity contribution in [3.63, 3.8) is 0 Å². The Bertz CT molecular complexity index is 914. The second kappa shape index (κ2) is 11.8. The number of benzene rings is 3. The van der Waals surface area contributed by atoms with Crippen LogP contribution in [-0.4, -0.2) is 31.4 Å². The zero-order valence-corrected chi connectivity index (χ0v) is 19.8. The van der Waals surface area contributed by atoms with E-state index >= 15 is 0 Å². The Balaban J connectivity index is 1.27. The molecule has 0 bridgehead atoms. The summed E-state index contributed by atoms with van der Waals surface area (Å²) < 4.78 is 11.2. The van der Waals surface area contributed by atoms with Gasteiger partial charge in [-0.25, -0.2) is 0 Å². The molecule has 32 heavy (non-hydrogen) atoms. The molecular weight excluding hydrogens is 435 g/mol. The monoisotopic (exact) mass is 464 g/mol. The van der Waals surface area contributed by atoms with E-state index < -0.39 is 8.45 Å². The normalized spacial score (nSPS) is 13.9. The molecule has 2 N–H and O–H groups in total. The number of thiocarbonyl (C=S) groups is 1. The van der Waals surface area contributed by atoms with Crippen molar-refractivity contribution in [3.05, 3.63) is 96.6 Å². The lowest BCUT2D eigenvalue weighted by atomic mass is 10.2. The number of nitrogens with zero attached hydrogens (tertiary/aromatic N) is 2. The maximum absolute atomic E-state index is 6.46. The van der Waals surface area contributed by atoms with E-state index in [4.69, 9.17) is 16.7 Å². The smallest absolute Gasteiger partial charge is 0.248 e. The Labute approximate surface area is 197 Å². The predicted molar refractivity (Wildman–Crippen MR) is 139 cm³/mol. The molecule has 0 radical (unpaired) electrons. The van der Waals surface area contributed by atoms with E-state index in [1.165, 1.54) is 16.9 Å². The molecule has 166 valence electrons. The molecule has 1 fully saturated rings. The average Bonchev–Trinajstić information content (AvgIpc) is 3.28. The van der Waals surface area contributed by atoms with Gasteiger partial charge in [0.05, 0.1) is 6.61 Å². The number of para-hydroxylation sites is 2. The molecule has 5 nitrogen and oxygen atoms in total. The van der Waals surface area contributed by atoms with Gasteiger partial charge in [-0.3, -0.25) is 0 Å². The van der Waals surface area contributed by atoms with E-state index in [0.717, 1.165) is 32.6 Å². The summed E-state index contributed by atoms with van der Waals surface area (Å²) >= 11 is 5.40. The molecule has 0 spiro atoms. The maximum Gasteiger partial charge on any atom is 0.248 e. The SMILES string of the molecule is S=C(NCCCOP1N(c2ccccc2)CCN1c1ccccc1)NCc1ccccc1. The van der Waals surface area contributed by atoms with E-state index in [9.17, 15) is 0 Å². The Morgan fingerprint density at radius 1 is 0.781 bits per heavy atom. The molecule has 7 heteroatoms. The van der Waals surface area contributed by atoms with Gasteiger partial charge in [0.15, 0.2) is 5.11 Å². The Hall–Kier alpha value is -2.66. The molecule has 0 atom stereocenters. The summed E-state index contributed by atoms with van der Waals surface area (Å²) in [7, 11) is -0.903. The molecular formula is C25H29N4OPS. The highest BCUT2D eigenvalue weighted by atomic mass is 32.1. The van der Waals surface area contributed by atoms with Gasteiger partial charge in [0.25, 0.3) is 0 Å². The van der Waals surface area contributed by atoms with E-state index in [-0.39, 0.29) is 0 Å². The molecule has 4 rings (SSSR count). The summed E-state index contributed by atoms with van der Waals surface area (Å²) in [5, 5.41) is 7.22. The molecule has 0 unspecified atom stereocenters. The Morgan fingerprint density at radius 2 is 1.31 bits per heavy atom. The first-order valence-corrected chi connectivity index (χ1v) is 12.5. The minimum Gasteiger partial charge on any atom is -0.363 e. The number of rotatable bonds is 9. The quantitative estimate of drug-likeness (QED) is 0.254. The molecule has 0 aromatic heterocycles. The molecule has 3 aromatic rings. The topological polar surface area (TPSA) is 39.8 Å². The van der Waals surface area contributed by atoms with Gasteiger partial charge in [0, 0.05) is 37.6 Å². The fraction of sp³-hybridized carbons (Fsp3) is 0.240. The van der Waals surface area contributed by atoms with Gasteiger partial charge in [-0.15, -0.1) is 0 Å². The van der Waals surface area contributed by atoms with Crippen LogP contribution >= 0.6 is 20.7 Å². The second-order valence-corrected chi connectivity index (χ2v) is 9.59. The minimum absolute atomic E-state index is 0.673. The maximum atomic E-state index is 6.46. The van der Waals surface area contributed by atoms with Crippen LogP contribution in [0.4, 0.5) is 11.4 Å². The lowest BCUT2D eigenvalue weighted by Gasteiger charge is -2.30. The summed E-state index contributed by atoms with van der Waals surface area (Å²) in [5.41, 5.74) is 3.63. The number of anilines is 2. The number of hydrogen-bond donors (Lipinski definition) is 2. The summed E-state index contributed by atoms with van der Waals surface area (Å²) in [6, 6.07) is 31.3. The highest BCUT2D eigenvalue weighted by molar-refractivity contribution is 7.80. The van der Waals surface area contributed by atoms with E-state index in [1.807, 2.05) is 18.2 Å². The first kappa shape index (κ1) is 22.5. The lowest BCUT2D eigenvalue weighted by Crippen LogP contribution is -2.35. The fourth-order valence-corrected chi connectivity index (χ4v) is 5.74. The van der Waals surface area contributed by atoms with Crippen molar-refractivity contribution >= 4 is 37.2 Å². The van der Waals surface area contributed by atoms with Crippen LogP contribution in [0.2, 0.25) is 0 Å². The molecule has 0 aliphatic carbocycles. The van der Waals surface area contributed by atoms with Crippen molar-refractivity contribution in [1.29, 1.82) is 0 Å². The van der Waals surface area contributed by atoms with E-state index in [1.54, 1.807) is 0 Å². The summed E-state index contributed by atoms with van der Waals surface area (Å²) in [6.07, 6.45) is 0.886. The largest absolute Gasteiger partial charge is 0.363 e. The van der Waals surface area contributed by atoms with E-state index in [0.29, 0.717) is 11.7 Å². The number of nitrogens with one attached hydrogen (secondary N) is 2. The van der Waals surface area contributed by atoms with Gasteiger partial charge in [-0.1, -0.05) is 66.7 Å². The van der Waals surface area contributed by atoms with Crippen molar-refractivity contribution < 1.29 is 4.52 Å². The van der Waals surface area contributed by atoms with Crippen LogP contribution < -0.4 is 20.0 Å². The standard InChI is InChI=1S/C25H29N4OPS/c32-25(27-21-22-11-4-1-5-12-22)26-17-10-20-30-31-28(23-13-6-2-7-14-23)18-19-29(31)24-15-8-3-9-16-24/h1-9,11-16H,10,17-21H2,(H2,26,27,32). The average molecular weight is 465 g/mol. The lowest BCUT2D eigenvalue weighted by molar-refractivity contribution is 0.343. The zero-order valence-electron chi connectivity index (χ0n) is 18.1. The van der Waals surface area contributed by atoms with Crippen LogP contribution in [0.5, 0.6) is 0 Å². The molecule has 1 saturated heterocycles. The van der Waals surface area contributed by atoms with Crippen molar-refractivity contribution in [2.45, 2.75) is 13.0 Å². The summed E-state index contributed by atoms with van der Waals surface area (Å²) in [6.45, 7) is 4.09. The first-order valence-electron chi connectivity index (χ1n) is 10.9. The van der Waals surface area contributed by atoms with Gasteiger partial charge < -0.3 is 24.5 Å². The highest BCUT2D eigenvalue weighted by Crippen LogP contribution is 2.53. The van der Waals surface area contributed by atoms with Crippen LogP contribution in [0.3, 0.4) is 0 Å². The Morgan fingerprint density at radius 3 is 1.88 bits per heavy atom. The molecule has 3 aromatic carbocycles. The summed E-state index contributed by atoms with van der Waals surface area (Å²) in [5.74, 6) is 0. The predicted octanol–water partition coefficient (Wildman–Crippen LogP) is 5.31. The third-order valence-corrected chi connectivity index (χ3v) is 7.54. The second-order valence-electron chi connectivity index (χ2n) is 7.45. The van der Waals surface area contributed by atoms with Crippen LogP contribution in [0.1, 0.15) is 12.0 Å². The fourth-order valence-electron chi connectivity index (χ4n) is 3.55. The highest BCUT2D eigenvalue weighted by Gasteiger charge is 2.34. The van der Waals surface area contributed by atoms with Crippen LogP contribution in [0, 0.1) is 0 Å². The van der Waals surface area contributed by atoms with Crippen molar-refractivity contribution in [2.75, 3.05) is 35.6 Å². The van der Waals surface area contributed by atoms with Crippen molar-refractivity contribution in [1.82, 2.24) is 10.6 Å². The third-order valence-electron chi connectivity index (χ3n) is 5.15. The minimum atomic E-state index is -0.903. The van der Waals surface area contributed by atoms with Gasteiger partial charge in [-0.05, 0) is 48.5 Å². The third kappa shape index (κ3) is 6.19. The molecule has 1 heterocycles. The zero-order chi connectivity index (χ0) is 22.0. The molecule has 0 amide bonds. The van der Waals surface area contributed by atoms with Gasteiger partial charge in [-0.2, -0.15) is 0 Å². The Kier molecular flexibility index (Phi) is 8.32. The molecule has 1 aliphatic heterocycles. The van der Waals surface area contributed by atoms with E-state index in [2.05, 4.69) is 92.8 Å². The van der Waals surface area contributed by atoms with Gasteiger partial charge in [0.2, 0.25) is 8.45 Å². The summed E-state index contributed by atoms with van der Waals surface area (Å²) in [4.78, 5) is 0. The van der Waals surface area contributed by atoms with Crippen molar-refractivity contribution in [2.24, 2.45) is 0 Å². The van der Waals surface area contributed by atoms with Crippen molar-refractivity contribution in [3.8, 4) is 0 Å². The molecule has 1 aliphatic rings.